The zero-order valence-corrected chi connectivity index (χ0v) is 12.1. The highest BCUT2D eigenvalue weighted by atomic mass is 35.5. The van der Waals surface area contributed by atoms with E-state index in [4.69, 9.17) is 16.0 Å². The molecule has 2 aromatic rings. The molecular formula is C13H14ClNO3S. The first kappa shape index (κ1) is 14.1. The van der Waals surface area contributed by atoms with Crippen molar-refractivity contribution in [3.05, 3.63) is 44.5 Å². The molecule has 0 unspecified atom stereocenters. The molecule has 2 heterocycles. The Morgan fingerprint density at radius 3 is 2.79 bits per heavy atom. The number of thiophene rings is 1. The topological polar surface area (TPSA) is 62.5 Å². The molecule has 0 radical (unpaired) electrons. The fourth-order valence-corrected chi connectivity index (χ4v) is 2.80. The van der Waals surface area contributed by atoms with Crippen molar-refractivity contribution in [2.24, 2.45) is 0 Å². The second-order valence-corrected chi connectivity index (χ2v) is 5.94. The van der Waals surface area contributed by atoms with Gasteiger partial charge >= 0.3 is 0 Å². The van der Waals surface area contributed by atoms with Crippen LogP contribution in [0.15, 0.2) is 22.6 Å². The van der Waals surface area contributed by atoms with Crippen molar-refractivity contribution in [3.63, 3.8) is 0 Å². The van der Waals surface area contributed by atoms with E-state index in [1.807, 2.05) is 0 Å². The number of aliphatic hydroxyl groups excluding tert-OH is 1. The summed E-state index contributed by atoms with van der Waals surface area (Å²) in [5, 5.41) is 12.6. The maximum atomic E-state index is 11.9. The Balaban J connectivity index is 1.95. The predicted molar refractivity (Wildman–Crippen MR) is 74.8 cm³/mol. The highest BCUT2D eigenvalue weighted by Gasteiger charge is 2.16. The Morgan fingerprint density at radius 1 is 1.53 bits per heavy atom. The molecule has 0 aromatic carbocycles. The van der Waals surface area contributed by atoms with Crippen LogP contribution in [0.3, 0.4) is 0 Å². The molecule has 0 aliphatic heterocycles. The van der Waals surface area contributed by atoms with Crippen LogP contribution in [-0.2, 0) is 0 Å². The average Bonchev–Trinajstić information content (AvgIpc) is 2.92. The van der Waals surface area contributed by atoms with Crippen molar-refractivity contribution in [2.45, 2.75) is 20.0 Å². The summed E-state index contributed by atoms with van der Waals surface area (Å²) in [6, 6.07) is 5.15. The van der Waals surface area contributed by atoms with Gasteiger partial charge in [-0.15, -0.1) is 11.3 Å². The Kier molecular flexibility index (Phi) is 4.29. The first-order valence-corrected chi connectivity index (χ1v) is 6.95. The summed E-state index contributed by atoms with van der Waals surface area (Å²) in [6.07, 6.45) is -0.755. The molecule has 19 heavy (non-hydrogen) atoms. The third-order valence-corrected chi connectivity index (χ3v) is 4.00. The number of halogens is 1. The molecule has 0 aliphatic rings. The summed E-state index contributed by atoms with van der Waals surface area (Å²) in [5.41, 5.74) is 0.494. The van der Waals surface area contributed by atoms with E-state index in [0.29, 0.717) is 21.4 Å². The van der Waals surface area contributed by atoms with Gasteiger partial charge in [-0.1, -0.05) is 11.6 Å². The fraction of sp³-hybridized carbons (Fsp3) is 0.308. The van der Waals surface area contributed by atoms with E-state index in [1.54, 1.807) is 32.0 Å². The van der Waals surface area contributed by atoms with Crippen molar-refractivity contribution >= 4 is 28.8 Å². The molecule has 6 heteroatoms. The molecular weight excluding hydrogens is 286 g/mol. The summed E-state index contributed by atoms with van der Waals surface area (Å²) in [5.74, 6) is 1.01. The fourth-order valence-electron chi connectivity index (χ4n) is 1.75. The second-order valence-electron chi connectivity index (χ2n) is 4.19. The van der Waals surface area contributed by atoms with Gasteiger partial charge in [-0.3, -0.25) is 4.79 Å². The minimum absolute atomic E-state index is 0.138. The van der Waals surface area contributed by atoms with Gasteiger partial charge in [0.1, 0.15) is 17.6 Å². The lowest BCUT2D eigenvalue weighted by molar-refractivity contribution is 0.0916. The van der Waals surface area contributed by atoms with Crippen LogP contribution in [-0.4, -0.2) is 17.6 Å². The van der Waals surface area contributed by atoms with Gasteiger partial charge < -0.3 is 14.8 Å². The van der Waals surface area contributed by atoms with Crippen LogP contribution in [0.4, 0.5) is 0 Å². The summed E-state index contributed by atoms with van der Waals surface area (Å²) in [7, 11) is 0. The largest absolute Gasteiger partial charge is 0.466 e. The first-order valence-electron chi connectivity index (χ1n) is 5.76. The zero-order chi connectivity index (χ0) is 14.0. The highest BCUT2D eigenvalue weighted by molar-refractivity contribution is 7.16. The zero-order valence-electron chi connectivity index (χ0n) is 10.6. The van der Waals surface area contributed by atoms with Crippen molar-refractivity contribution in [1.82, 2.24) is 5.32 Å². The first-order chi connectivity index (χ1) is 8.97. The SMILES string of the molecule is Cc1cc(C(=O)NC[C@H](O)c2ccc(Cl)s2)c(C)o1. The van der Waals surface area contributed by atoms with E-state index >= 15 is 0 Å². The van der Waals surface area contributed by atoms with Crippen molar-refractivity contribution in [2.75, 3.05) is 6.54 Å². The molecule has 2 N–H and O–H groups in total. The van der Waals surface area contributed by atoms with E-state index in [2.05, 4.69) is 5.32 Å². The number of carbonyl (C=O) groups excluding carboxylic acids is 1. The van der Waals surface area contributed by atoms with Crippen molar-refractivity contribution < 1.29 is 14.3 Å². The Hall–Kier alpha value is -1.30. The summed E-state index contributed by atoms with van der Waals surface area (Å²) < 4.78 is 5.90. The van der Waals surface area contributed by atoms with Crippen LogP contribution in [0.5, 0.6) is 0 Å². The van der Waals surface area contributed by atoms with E-state index in [9.17, 15) is 9.90 Å². The number of amides is 1. The van der Waals surface area contributed by atoms with Gasteiger partial charge in [-0.05, 0) is 32.0 Å². The molecule has 2 rings (SSSR count). The number of furan rings is 1. The van der Waals surface area contributed by atoms with Gasteiger partial charge in [0, 0.05) is 11.4 Å². The van der Waals surface area contributed by atoms with Crippen LogP contribution in [0.1, 0.15) is 32.9 Å². The molecule has 4 nitrogen and oxygen atoms in total. The van der Waals surface area contributed by atoms with Crippen LogP contribution < -0.4 is 5.32 Å². The highest BCUT2D eigenvalue weighted by Crippen LogP contribution is 2.26. The van der Waals surface area contributed by atoms with Crippen LogP contribution >= 0.6 is 22.9 Å². The summed E-state index contributed by atoms with van der Waals surface area (Å²) >= 11 is 7.09. The van der Waals surface area contributed by atoms with E-state index in [0.717, 1.165) is 4.88 Å². The molecule has 102 valence electrons. The molecule has 0 fully saturated rings. The van der Waals surface area contributed by atoms with Crippen LogP contribution in [0.2, 0.25) is 4.34 Å². The smallest absolute Gasteiger partial charge is 0.254 e. The predicted octanol–water partition coefficient (Wildman–Crippen LogP) is 3.07. The summed E-state index contributed by atoms with van der Waals surface area (Å²) in [6.45, 7) is 3.66. The Morgan fingerprint density at radius 2 is 2.26 bits per heavy atom. The number of hydrogen-bond acceptors (Lipinski definition) is 4. The monoisotopic (exact) mass is 299 g/mol. The van der Waals surface area contributed by atoms with Crippen molar-refractivity contribution in [3.8, 4) is 0 Å². The number of hydrogen-bond donors (Lipinski definition) is 2. The Labute approximate surface area is 120 Å². The maximum Gasteiger partial charge on any atom is 0.254 e. The second kappa shape index (κ2) is 5.77. The quantitative estimate of drug-likeness (QED) is 0.912. The minimum Gasteiger partial charge on any atom is -0.466 e. The lowest BCUT2D eigenvalue weighted by Gasteiger charge is -2.09. The number of aliphatic hydroxyl groups is 1. The number of carbonyl (C=O) groups is 1. The molecule has 2 aromatic heterocycles. The van der Waals surface area contributed by atoms with Crippen LogP contribution in [0, 0.1) is 13.8 Å². The van der Waals surface area contributed by atoms with E-state index in [1.165, 1.54) is 11.3 Å². The molecule has 0 bridgehead atoms. The molecule has 1 amide bonds. The molecule has 1 atom stereocenters. The van der Waals surface area contributed by atoms with Gasteiger partial charge in [0.2, 0.25) is 0 Å². The van der Waals surface area contributed by atoms with Gasteiger partial charge in [0.15, 0.2) is 0 Å². The normalized spacial score (nSPS) is 12.4. The molecule has 0 aliphatic carbocycles. The van der Waals surface area contributed by atoms with E-state index < -0.39 is 6.10 Å². The van der Waals surface area contributed by atoms with Crippen LogP contribution in [0.25, 0.3) is 0 Å². The van der Waals surface area contributed by atoms with Gasteiger partial charge in [-0.2, -0.15) is 0 Å². The number of aryl methyl sites for hydroxylation is 2. The van der Waals surface area contributed by atoms with Gasteiger partial charge in [-0.25, -0.2) is 0 Å². The summed E-state index contributed by atoms with van der Waals surface area (Å²) in [4.78, 5) is 12.6. The number of nitrogens with one attached hydrogen (secondary N) is 1. The van der Waals surface area contributed by atoms with E-state index in [-0.39, 0.29) is 12.5 Å². The third-order valence-electron chi connectivity index (χ3n) is 2.66. The molecule has 0 saturated heterocycles. The molecule has 0 saturated carbocycles. The number of rotatable bonds is 4. The Bertz CT molecular complexity index is 590. The standard InChI is InChI=1S/C13H14ClNO3S/c1-7-5-9(8(2)18-7)13(17)15-6-10(16)11-3-4-12(14)19-11/h3-5,10,16H,6H2,1-2H3,(H,15,17)/t10-/m0/s1. The average molecular weight is 300 g/mol. The van der Waals surface area contributed by atoms with Gasteiger partial charge in [0.05, 0.1) is 9.90 Å². The molecule has 0 spiro atoms. The van der Waals surface area contributed by atoms with Gasteiger partial charge in [0.25, 0.3) is 5.91 Å². The third kappa shape index (κ3) is 3.37. The minimum atomic E-state index is -0.755. The van der Waals surface area contributed by atoms with Crippen molar-refractivity contribution in [1.29, 1.82) is 0 Å². The lowest BCUT2D eigenvalue weighted by atomic mass is 10.2. The lowest BCUT2D eigenvalue weighted by Crippen LogP contribution is -2.28. The maximum absolute atomic E-state index is 11.9.